The monoisotopic (exact) mass is 220 g/mol. The first-order valence-corrected chi connectivity index (χ1v) is 4.97. The molecule has 1 heterocycles. The van der Waals surface area contributed by atoms with Crippen LogP contribution < -0.4 is 10.6 Å². The number of carbonyl (C=O) groups excluding carboxylic acids is 2. The van der Waals surface area contributed by atoms with Gasteiger partial charge in [0.05, 0.1) is 18.2 Å². The van der Waals surface area contributed by atoms with E-state index in [1.165, 1.54) is 7.11 Å². The maximum Gasteiger partial charge on any atom is 0.338 e. The fourth-order valence-corrected chi connectivity index (χ4v) is 1.69. The topological polar surface area (TPSA) is 67.4 Å². The van der Waals surface area contributed by atoms with Gasteiger partial charge in [0.15, 0.2) is 0 Å². The van der Waals surface area contributed by atoms with Gasteiger partial charge in [0.1, 0.15) is 0 Å². The maximum atomic E-state index is 11.8. The van der Waals surface area contributed by atoms with Gasteiger partial charge in [0.25, 0.3) is 5.91 Å². The Morgan fingerprint density at radius 3 is 2.81 bits per heavy atom. The van der Waals surface area contributed by atoms with Crippen LogP contribution in [0.2, 0.25) is 0 Å². The third kappa shape index (κ3) is 1.71. The Balaban J connectivity index is 2.55. The summed E-state index contributed by atoms with van der Waals surface area (Å²) in [5.74, 6) is -0.753. The molecule has 1 amide bonds. The number of methoxy groups -OCH3 is 1. The van der Waals surface area contributed by atoms with Gasteiger partial charge in [-0.2, -0.15) is 0 Å². The molecule has 0 saturated carbocycles. The van der Waals surface area contributed by atoms with Crippen LogP contribution in [0.4, 0.5) is 5.69 Å². The van der Waals surface area contributed by atoms with Crippen molar-refractivity contribution in [3.8, 4) is 0 Å². The van der Waals surface area contributed by atoms with E-state index in [0.717, 1.165) is 0 Å². The molecular weight excluding hydrogens is 208 g/mol. The molecule has 0 atom stereocenters. The second-order valence-corrected chi connectivity index (χ2v) is 3.40. The van der Waals surface area contributed by atoms with Crippen LogP contribution in [0.25, 0.3) is 0 Å². The van der Waals surface area contributed by atoms with E-state index >= 15 is 0 Å². The van der Waals surface area contributed by atoms with Crippen molar-refractivity contribution in [1.82, 2.24) is 5.32 Å². The van der Waals surface area contributed by atoms with Crippen molar-refractivity contribution in [1.29, 1.82) is 0 Å². The van der Waals surface area contributed by atoms with Crippen LogP contribution in [0, 0.1) is 0 Å². The highest BCUT2D eigenvalue weighted by atomic mass is 16.5. The molecule has 2 N–H and O–H groups in total. The molecule has 0 aliphatic carbocycles. The summed E-state index contributed by atoms with van der Waals surface area (Å²) in [5, 5.41) is 5.79. The second kappa shape index (κ2) is 4.22. The number of carbonyl (C=O) groups is 2. The van der Waals surface area contributed by atoms with Gasteiger partial charge in [0, 0.05) is 18.8 Å². The number of ether oxygens (including phenoxy) is 1. The van der Waals surface area contributed by atoms with Crippen LogP contribution in [0.15, 0.2) is 18.2 Å². The maximum absolute atomic E-state index is 11.8. The smallest absolute Gasteiger partial charge is 0.338 e. The summed E-state index contributed by atoms with van der Waals surface area (Å²) < 4.78 is 4.64. The lowest BCUT2D eigenvalue weighted by Crippen LogP contribution is -2.26. The molecule has 0 saturated heterocycles. The van der Waals surface area contributed by atoms with E-state index in [9.17, 15) is 9.59 Å². The zero-order valence-corrected chi connectivity index (χ0v) is 8.87. The molecule has 0 bridgehead atoms. The van der Waals surface area contributed by atoms with Crippen LogP contribution in [-0.4, -0.2) is 32.1 Å². The van der Waals surface area contributed by atoms with Gasteiger partial charge in [-0.05, 0) is 12.1 Å². The van der Waals surface area contributed by atoms with E-state index < -0.39 is 5.97 Å². The third-order valence-electron chi connectivity index (χ3n) is 2.42. The van der Waals surface area contributed by atoms with Crippen LogP contribution in [-0.2, 0) is 4.74 Å². The number of benzene rings is 1. The number of nitrogens with one attached hydrogen (secondary N) is 2. The van der Waals surface area contributed by atoms with Gasteiger partial charge >= 0.3 is 5.97 Å². The predicted octanol–water partition coefficient (Wildman–Crippen LogP) is 0.628. The minimum atomic E-state index is -0.504. The van der Waals surface area contributed by atoms with Crippen molar-refractivity contribution in [2.24, 2.45) is 0 Å². The zero-order valence-electron chi connectivity index (χ0n) is 8.87. The van der Waals surface area contributed by atoms with Gasteiger partial charge in [0.2, 0.25) is 0 Å². The fraction of sp³-hybridized carbons (Fsp3) is 0.273. The minimum Gasteiger partial charge on any atom is -0.465 e. The highest BCUT2D eigenvalue weighted by Crippen LogP contribution is 2.21. The second-order valence-electron chi connectivity index (χ2n) is 3.40. The fourth-order valence-electron chi connectivity index (χ4n) is 1.69. The van der Waals surface area contributed by atoms with Crippen molar-refractivity contribution >= 4 is 17.6 Å². The van der Waals surface area contributed by atoms with Crippen molar-refractivity contribution in [3.63, 3.8) is 0 Å². The molecule has 5 heteroatoms. The molecule has 0 aromatic heterocycles. The summed E-state index contributed by atoms with van der Waals surface area (Å²) >= 11 is 0. The minimum absolute atomic E-state index is 0.249. The van der Waals surface area contributed by atoms with E-state index in [4.69, 9.17) is 0 Å². The van der Waals surface area contributed by atoms with Gasteiger partial charge in [-0.1, -0.05) is 6.07 Å². The molecule has 0 radical (unpaired) electrons. The third-order valence-corrected chi connectivity index (χ3v) is 2.42. The van der Waals surface area contributed by atoms with E-state index in [0.29, 0.717) is 24.3 Å². The number of anilines is 1. The van der Waals surface area contributed by atoms with Crippen LogP contribution in [0.1, 0.15) is 20.7 Å². The Kier molecular flexibility index (Phi) is 2.76. The van der Waals surface area contributed by atoms with Crippen molar-refractivity contribution in [2.75, 3.05) is 25.5 Å². The van der Waals surface area contributed by atoms with Crippen molar-refractivity contribution in [2.45, 2.75) is 0 Å². The first-order valence-electron chi connectivity index (χ1n) is 4.97. The molecule has 1 aliphatic rings. The van der Waals surface area contributed by atoms with Gasteiger partial charge in [-0.15, -0.1) is 0 Å². The number of esters is 1. The number of amides is 1. The summed E-state index contributed by atoms with van der Waals surface area (Å²) in [6.45, 7) is 1.18. The molecule has 16 heavy (non-hydrogen) atoms. The summed E-state index contributed by atoms with van der Waals surface area (Å²) in [6.07, 6.45) is 0. The Morgan fingerprint density at radius 1 is 1.31 bits per heavy atom. The van der Waals surface area contributed by atoms with E-state index in [1.54, 1.807) is 18.2 Å². The van der Waals surface area contributed by atoms with Crippen LogP contribution in [0.3, 0.4) is 0 Å². The summed E-state index contributed by atoms with van der Waals surface area (Å²) in [4.78, 5) is 23.3. The predicted molar refractivity (Wildman–Crippen MR) is 58.6 cm³/mol. The Bertz CT molecular complexity index is 443. The summed E-state index contributed by atoms with van der Waals surface area (Å²) in [7, 11) is 1.30. The molecule has 1 aromatic carbocycles. The lowest BCUT2D eigenvalue weighted by atomic mass is 10.0. The first-order chi connectivity index (χ1) is 7.74. The Morgan fingerprint density at radius 2 is 2.06 bits per heavy atom. The summed E-state index contributed by atoms with van der Waals surface area (Å²) in [6, 6.07) is 5.07. The van der Waals surface area contributed by atoms with Crippen molar-refractivity contribution in [3.05, 3.63) is 29.3 Å². The van der Waals surface area contributed by atoms with Crippen LogP contribution in [0.5, 0.6) is 0 Å². The molecule has 84 valence electrons. The molecular formula is C11H12N2O3. The molecule has 2 rings (SSSR count). The molecule has 0 fully saturated rings. The molecule has 1 aromatic rings. The summed E-state index contributed by atoms with van der Waals surface area (Å²) in [5.41, 5.74) is 1.30. The van der Waals surface area contributed by atoms with Gasteiger partial charge < -0.3 is 15.4 Å². The number of hydrogen-bond acceptors (Lipinski definition) is 4. The number of hydrogen-bond donors (Lipinski definition) is 2. The average molecular weight is 220 g/mol. The Labute approximate surface area is 92.8 Å². The number of rotatable bonds is 1. The van der Waals surface area contributed by atoms with Crippen molar-refractivity contribution < 1.29 is 14.3 Å². The number of fused-ring (bicyclic) bond motifs is 1. The standard InChI is InChI=1S/C11H12N2O3/c1-16-11(15)7-3-2-4-8-9(7)10(14)13-6-5-12-8/h2-4,12H,5-6H2,1H3,(H,13,14). The molecule has 0 spiro atoms. The highest BCUT2D eigenvalue weighted by molar-refractivity contribution is 6.09. The lowest BCUT2D eigenvalue weighted by molar-refractivity contribution is 0.0596. The van der Waals surface area contributed by atoms with Crippen LogP contribution >= 0.6 is 0 Å². The highest BCUT2D eigenvalue weighted by Gasteiger charge is 2.22. The van der Waals surface area contributed by atoms with Gasteiger partial charge in [-0.3, -0.25) is 4.79 Å². The van der Waals surface area contributed by atoms with E-state index in [-0.39, 0.29) is 11.5 Å². The molecule has 5 nitrogen and oxygen atoms in total. The largest absolute Gasteiger partial charge is 0.465 e. The van der Waals surface area contributed by atoms with E-state index in [1.807, 2.05) is 0 Å². The first kappa shape index (κ1) is 10.5. The normalized spacial score (nSPS) is 14.2. The average Bonchev–Trinajstić information content (AvgIpc) is 2.50. The lowest BCUT2D eigenvalue weighted by Gasteiger charge is -2.09. The van der Waals surface area contributed by atoms with Gasteiger partial charge in [-0.25, -0.2) is 4.79 Å². The van der Waals surface area contributed by atoms with E-state index in [2.05, 4.69) is 15.4 Å². The quantitative estimate of drug-likeness (QED) is 0.681. The SMILES string of the molecule is COC(=O)c1cccc2c1C(=O)NCCN2. The molecule has 1 aliphatic heterocycles. The zero-order chi connectivity index (χ0) is 11.5. The Hall–Kier alpha value is -2.04. The molecule has 0 unspecified atom stereocenters.